The van der Waals surface area contributed by atoms with Gasteiger partial charge < -0.3 is 21.1 Å². The van der Waals surface area contributed by atoms with Gasteiger partial charge >= 0.3 is 0 Å². The van der Waals surface area contributed by atoms with Gasteiger partial charge in [-0.1, -0.05) is 30.3 Å². The molecule has 4 rings (SSSR count). The van der Waals surface area contributed by atoms with E-state index in [0.29, 0.717) is 25.6 Å². The van der Waals surface area contributed by atoms with Crippen LogP contribution in [0.3, 0.4) is 0 Å². The first-order valence-electron chi connectivity index (χ1n) is 11.4. The summed E-state index contributed by atoms with van der Waals surface area (Å²) < 4.78 is 0. The number of carbonyl (C=O) groups excluding carboxylic acids is 2. The first-order valence-corrected chi connectivity index (χ1v) is 11.4. The van der Waals surface area contributed by atoms with Crippen molar-refractivity contribution >= 4 is 23.2 Å². The molecule has 1 aliphatic heterocycles. The number of aliphatic hydroxyl groups is 1. The molecule has 2 amide bonds. The third-order valence-corrected chi connectivity index (χ3v) is 6.51. The highest BCUT2D eigenvalue weighted by Crippen LogP contribution is 2.26. The van der Waals surface area contributed by atoms with Crippen LogP contribution >= 0.6 is 0 Å². The minimum atomic E-state index is -0.653. The van der Waals surface area contributed by atoms with E-state index in [2.05, 4.69) is 10.2 Å². The third-order valence-electron chi connectivity index (χ3n) is 6.51. The molecule has 1 heterocycles. The van der Waals surface area contributed by atoms with E-state index in [1.165, 1.54) is 0 Å². The zero-order valence-corrected chi connectivity index (χ0v) is 18.3. The molecular formula is C25H32N4O3. The van der Waals surface area contributed by atoms with E-state index in [9.17, 15) is 14.7 Å². The first-order chi connectivity index (χ1) is 15.5. The Labute approximate surface area is 189 Å². The van der Waals surface area contributed by atoms with Crippen molar-refractivity contribution in [3.63, 3.8) is 0 Å². The van der Waals surface area contributed by atoms with Crippen molar-refractivity contribution in [2.75, 3.05) is 29.9 Å². The third kappa shape index (κ3) is 5.54. The van der Waals surface area contributed by atoms with E-state index in [4.69, 9.17) is 5.73 Å². The van der Waals surface area contributed by atoms with Gasteiger partial charge in [0, 0.05) is 30.5 Å². The Hall–Kier alpha value is -2.74. The van der Waals surface area contributed by atoms with Gasteiger partial charge in [-0.05, 0) is 61.9 Å². The zero-order chi connectivity index (χ0) is 22.5. The van der Waals surface area contributed by atoms with Gasteiger partial charge in [-0.2, -0.15) is 0 Å². The number of anilines is 2. The van der Waals surface area contributed by atoms with Gasteiger partial charge in [0.25, 0.3) is 0 Å². The largest absolute Gasteiger partial charge is 0.393 e. The lowest BCUT2D eigenvalue weighted by Crippen LogP contribution is -2.54. The molecule has 2 aromatic carbocycles. The first kappa shape index (κ1) is 22.5. The van der Waals surface area contributed by atoms with E-state index in [-0.39, 0.29) is 17.9 Å². The van der Waals surface area contributed by atoms with Crippen LogP contribution in [0.4, 0.5) is 11.4 Å². The molecule has 170 valence electrons. The molecule has 1 saturated heterocycles. The second kappa shape index (κ2) is 10.3. The number of benzene rings is 2. The topological polar surface area (TPSA) is 98.9 Å². The number of nitrogens with one attached hydrogen (secondary N) is 1. The van der Waals surface area contributed by atoms with Crippen LogP contribution in [0.2, 0.25) is 0 Å². The molecule has 1 saturated carbocycles. The highest BCUT2D eigenvalue weighted by atomic mass is 16.3. The number of nitrogens with zero attached hydrogens (tertiary/aromatic N) is 2. The standard InChI is InChI=1S/C25H32N4O3/c26-23(25(32)27-19-4-2-1-3-5-19)16-18-6-8-21(9-7-18)29-15-14-28(17-24(29)31)20-10-12-22(30)13-11-20/h1-9,20,22-23,30H,10-17,26H2,(H,27,32). The highest BCUT2D eigenvalue weighted by molar-refractivity contribution is 5.96. The van der Waals surface area contributed by atoms with Crippen molar-refractivity contribution in [2.24, 2.45) is 5.73 Å². The number of aliphatic hydroxyl groups excluding tert-OH is 1. The number of para-hydroxylation sites is 1. The molecule has 1 unspecified atom stereocenters. The van der Waals surface area contributed by atoms with Gasteiger partial charge in [0.05, 0.1) is 18.7 Å². The minimum absolute atomic E-state index is 0.106. The number of carbonyl (C=O) groups is 2. The molecule has 32 heavy (non-hydrogen) atoms. The van der Waals surface area contributed by atoms with E-state index in [1.54, 1.807) is 0 Å². The number of hydrogen-bond donors (Lipinski definition) is 3. The average molecular weight is 437 g/mol. The van der Waals surface area contributed by atoms with Gasteiger partial charge in [-0.25, -0.2) is 0 Å². The lowest BCUT2D eigenvalue weighted by molar-refractivity contribution is -0.122. The van der Waals surface area contributed by atoms with Crippen molar-refractivity contribution in [1.29, 1.82) is 0 Å². The van der Waals surface area contributed by atoms with Gasteiger partial charge in [0.15, 0.2) is 0 Å². The summed E-state index contributed by atoms with van der Waals surface area (Å²) in [6.45, 7) is 1.93. The Kier molecular flexibility index (Phi) is 7.19. The molecule has 7 heteroatoms. The minimum Gasteiger partial charge on any atom is -0.393 e. The van der Waals surface area contributed by atoms with E-state index in [1.807, 2.05) is 59.5 Å². The normalized spacial score (nSPS) is 23.1. The van der Waals surface area contributed by atoms with Gasteiger partial charge in [0.2, 0.25) is 11.8 Å². The van der Waals surface area contributed by atoms with Crippen LogP contribution in [0.25, 0.3) is 0 Å². The van der Waals surface area contributed by atoms with Gasteiger partial charge in [0.1, 0.15) is 0 Å². The predicted octanol–water partition coefficient (Wildman–Crippen LogP) is 2.15. The SMILES string of the molecule is NC(Cc1ccc(N2CCN(C3CCC(O)CC3)CC2=O)cc1)C(=O)Nc1ccccc1. The Morgan fingerprint density at radius 2 is 1.72 bits per heavy atom. The van der Waals surface area contributed by atoms with E-state index < -0.39 is 6.04 Å². The summed E-state index contributed by atoms with van der Waals surface area (Å²) in [6, 6.07) is 16.8. The Morgan fingerprint density at radius 3 is 2.38 bits per heavy atom. The average Bonchev–Trinajstić information content (AvgIpc) is 2.81. The Balaban J connectivity index is 1.29. The van der Waals surface area contributed by atoms with Crippen molar-refractivity contribution in [2.45, 2.75) is 50.3 Å². The number of hydrogen-bond acceptors (Lipinski definition) is 5. The second-order valence-electron chi connectivity index (χ2n) is 8.81. The number of piperazine rings is 1. The number of amides is 2. The fourth-order valence-electron chi connectivity index (χ4n) is 4.61. The molecule has 0 spiro atoms. The van der Waals surface area contributed by atoms with Crippen molar-refractivity contribution < 1.29 is 14.7 Å². The molecule has 2 fully saturated rings. The number of rotatable bonds is 6. The molecule has 1 aliphatic carbocycles. The monoisotopic (exact) mass is 436 g/mol. The van der Waals surface area contributed by atoms with Crippen LogP contribution in [-0.4, -0.2) is 59.6 Å². The van der Waals surface area contributed by atoms with E-state index in [0.717, 1.165) is 49.2 Å². The molecule has 2 aliphatic rings. The fraction of sp³-hybridized carbons (Fsp3) is 0.440. The molecular weight excluding hydrogens is 404 g/mol. The molecule has 0 bridgehead atoms. The van der Waals surface area contributed by atoms with Crippen LogP contribution < -0.4 is 16.0 Å². The summed E-state index contributed by atoms with van der Waals surface area (Å²) in [5.41, 5.74) is 8.65. The summed E-state index contributed by atoms with van der Waals surface area (Å²) in [6.07, 6.45) is 3.81. The van der Waals surface area contributed by atoms with Crippen LogP contribution in [-0.2, 0) is 16.0 Å². The Bertz CT molecular complexity index is 911. The van der Waals surface area contributed by atoms with Crippen LogP contribution in [0.5, 0.6) is 0 Å². The maximum Gasteiger partial charge on any atom is 0.241 e. The quantitative estimate of drug-likeness (QED) is 0.645. The van der Waals surface area contributed by atoms with E-state index >= 15 is 0 Å². The summed E-state index contributed by atoms with van der Waals surface area (Å²) in [5, 5.41) is 12.5. The van der Waals surface area contributed by atoms with Gasteiger partial charge in [-0.15, -0.1) is 0 Å². The molecule has 4 N–H and O–H groups in total. The summed E-state index contributed by atoms with van der Waals surface area (Å²) in [5.74, 6) is -0.115. The van der Waals surface area contributed by atoms with Crippen LogP contribution in [0.1, 0.15) is 31.2 Å². The van der Waals surface area contributed by atoms with Gasteiger partial charge in [-0.3, -0.25) is 14.5 Å². The summed E-state index contributed by atoms with van der Waals surface area (Å²) in [4.78, 5) is 29.2. The second-order valence-corrected chi connectivity index (χ2v) is 8.81. The van der Waals surface area contributed by atoms with Crippen molar-refractivity contribution in [1.82, 2.24) is 4.90 Å². The van der Waals surface area contributed by atoms with Crippen molar-refractivity contribution in [3.05, 3.63) is 60.2 Å². The predicted molar refractivity (Wildman–Crippen MR) is 125 cm³/mol. The maximum atomic E-state index is 12.8. The molecule has 0 radical (unpaired) electrons. The molecule has 1 atom stereocenters. The molecule has 0 aromatic heterocycles. The van der Waals surface area contributed by atoms with Crippen molar-refractivity contribution in [3.8, 4) is 0 Å². The molecule has 2 aromatic rings. The number of nitrogens with two attached hydrogens (primary N) is 1. The highest BCUT2D eigenvalue weighted by Gasteiger charge is 2.31. The summed E-state index contributed by atoms with van der Waals surface area (Å²) in [7, 11) is 0. The van der Waals surface area contributed by atoms with Crippen LogP contribution in [0, 0.1) is 0 Å². The zero-order valence-electron chi connectivity index (χ0n) is 18.3. The lowest BCUT2D eigenvalue weighted by atomic mass is 9.91. The fourth-order valence-corrected chi connectivity index (χ4v) is 4.61. The maximum absolute atomic E-state index is 12.8. The Morgan fingerprint density at radius 1 is 1.03 bits per heavy atom. The van der Waals surface area contributed by atoms with Crippen LogP contribution in [0.15, 0.2) is 54.6 Å². The lowest BCUT2D eigenvalue weighted by Gasteiger charge is -2.40. The molecule has 7 nitrogen and oxygen atoms in total. The summed E-state index contributed by atoms with van der Waals surface area (Å²) >= 11 is 0. The smallest absolute Gasteiger partial charge is 0.241 e.